The van der Waals surface area contributed by atoms with Crippen molar-refractivity contribution in [2.24, 2.45) is 5.10 Å². The van der Waals surface area contributed by atoms with Gasteiger partial charge >= 0.3 is 12.1 Å². The van der Waals surface area contributed by atoms with Crippen molar-refractivity contribution in [3.63, 3.8) is 0 Å². The molecule has 1 aliphatic heterocycles. The van der Waals surface area contributed by atoms with E-state index in [1.54, 1.807) is 37.4 Å². The molecule has 2 aromatic rings. The highest BCUT2D eigenvalue weighted by atomic mass is 16.5. The van der Waals surface area contributed by atoms with E-state index in [9.17, 15) is 14.4 Å². The molecule has 0 atom stereocenters. The van der Waals surface area contributed by atoms with Gasteiger partial charge in [0.25, 0.3) is 5.91 Å². The maximum Gasteiger partial charge on any atom is 0.411 e. The van der Waals surface area contributed by atoms with Gasteiger partial charge in [0.2, 0.25) is 0 Å². The van der Waals surface area contributed by atoms with E-state index in [0.717, 1.165) is 17.7 Å². The van der Waals surface area contributed by atoms with Crippen LogP contribution in [0.1, 0.15) is 25.8 Å². The predicted molar refractivity (Wildman–Crippen MR) is 126 cm³/mol. The summed E-state index contributed by atoms with van der Waals surface area (Å²) in [5, 5.41) is 11.3. The predicted octanol–water partition coefficient (Wildman–Crippen LogP) is 4.08. The van der Waals surface area contributed by atoms with Crippen LogP contribution in [0.3, 0.4) is 0 Å². The fourth-order valence-electron chi connectivity index (χ4n) is 3.23. The Kier molecular flexibility index (Phi) is 7.80. The first kappa shape index (κ1) is 23.5. The van der Waals surface area contributed by atoms with E-state index in [1.807, 2.05) is 31.2 Å². The summed E-state index contributed by atoms with van der Waals surface area (Å²) in [5.74, 6) is -0.854. The fraction of sp³-hybridized carbons (Fsp3) is 0.250. The van der Waals surface area contributed by atoms with Crippen molar-refractivity contribution in [1.82, 2.24) is 0 Å². The number of ether oxygens (including phenoxy) is 2. The first-order valence-electron chi connectivity index (χ1n) is 10.5. The van der Waals surface area contributed by atoms with Crippen LogP contribution in [0, 0.1) is 0 Å². The number of carbonyl (C=O) groups is 3. The van der Waals surface area contributed by atoms with Gasteiger partial charge in [-0.25, -0.2) is 4.79 Å². The smallest absolute Gasteiger partial charge is 0.411 e. The van der Waals surface area contributed by atoms with Crippen LogP contribution in [0.5, 0.6) is 0 Å². The molecule has 2 amide bonds. The van der Waals surface area contributed by atoms with Crippen molar-refractivity contribution in [2.45, 2.75) is 26.7 Å². The number of aryl methyl sites for hydroxylation is 1. The number of hydrogen-bond donors (Lipinski definition) is 2. The molecule has 0 radical (unpaired) electrons. The lowest BCUT2D eigenvalue weighted by molar-refractivity contribution is -0.141. The van der Waals surface area contributed by atoms with Gasteiger partial charge in [-0.15, -0.1) is 0 Å². The molecule has 172 valence electrons. The van der Waals surface area contributed by atoms with Crippen molar-refractivity contribution >= 4 is 40.7 Å². The minimum absolute atomic E-state index is 0.138. The number of rotatable bonds is 8. The topological polar surface area (TPSA) is 109 Å². The number of methoxy groups -OCH3 is 1. The Hall–Kier alpha value is -4.14. The molecule has 9 heteroatoms. The molecule has 9 nitrogen and oxygen atoms in total. The van der Waals surface area contributed by atoms with Crippen molar-refractivity contribution in [2.75, 3.05) is 29.4 Å². The maximum absolute atomic E-state index is 13.2. The van der Waals surface area contributed by atoms with E-state index in [-0.39, 0.29) is 24.5 Å². The first-order valence-corrected chi connectivity index (χ1v) is 10.5. The summed E-state index contributed by atoms with van der Waals surface area (Å²) in [5.41, 5.74) is 3.51. The van der Waals surface area contributed by atoms with E-state index in [0.29, 0.717) is 17.1 Å². The molecule has 2 N–H and O–H groups in total. The summed E-state index contributed by atoms with van der Waals surface area (Å²) in [6.07, 6.45) is 1.66. The highest BCUT2D eigenvalue weighted by molar-refractivity contribution is 6.32. The summed E-state index contributed by atoms with van der Waals surface area (Å²) in [7, 11) is 1.27. The molecule has 0 saturated carbocycles. The molecule has 0 saturated heterocycles. The lowest BCUT2D eigenvalue weighted by atomic mass is 10.1. The third kappa shape index (κ3) is 5.76. The number of carbonyl (C=O) groups excluding carboxylic acids is 3. The zero-order chi connectivity index (χ0) is 23.8. The van der Waals surface area contributed by atoms with Gasteiger partial charge in [0.1, 0.15) is 0 Å². The minimum atomic E-state index is -0.599. The number of nitrogens with one attached hydrogen (secondary N) is 2. The third-order valence-electron chi connectivity index (χ3n) is 4.89. The lowest BCUT2D eigenvalue weighted by Gasteiger charge is -2.13. The number of benzene rings is 2. The SMILES string of the molecule is CCOC(=O)CC1=NN(c2ccc(NC(=O)OC)cc2)C(=O)/C1=C/Nc1ccccc1CC. The molecule has 2 aromatic carbocycles. The van der Waals surface area contributed by atoms with Crippen molar-refractivity contribution in [1.29, 1.82) is 0 Å². The molecular weight excluding hydrogens is 424 g/mol. The van der Waals surface area contributed by atoms with Crippen LogP contribution in [0.4, 0.5) is 21.9 Å². The zero-order valence-electron chi connectivity index (χ0n) is 18.8. The fourth-order valence-corrected chi connectivity index (χ4v) is 3.23. The lowest BCUT2D eigenvalue weighted by Crippen LogP contribution is -2.22. The Balaban J connectivity index is 1.88. The third-order valence-corrected chi connectivity index (χ3v) is 4.89. The molecule has 33 heavy (non-hydrogen) atoms. The quantitative estimate of drug-likeness (QED) is 0.463. The van der Waals surface area contributed by atoms with Gasteiger partial charge in [-0.1, -0.05) is 25.1 Å². The van der Waals surface area contributed by atoms with Crippen molar-refractivity contribution < 1.29 is 23.9 Å². The van der Waals surface area contributed by atoms with Crippen molar-refractivity contribution in [3.8, 4) is 0 Å². The van der Waals surface area contributed by atoms with Crippen LogP contribution in [-0.4, -0.2) is 37.4 Å². The normalized spacial score (nSPS) is 14.2. The van der Waals surface area contributed by atoms with Crippen LogP contribution in [0.15, 0.2) is 65.4 Å². The molecule has 1 aliphatic rings. The molecule has 0 spiro atoms. The average molecular weight is 450 g/mol. The number of hydrogen-bond acceptors (Lipinski definition) is 7. The molecule has 0 aromatic heterocycles. The van der Waals surface area contributed by atoms with E-state index >= 15 is 0 Å². The number of esters is 1. The highest BCUT2D eigenvalue weighted by Gasteiger charge is 2.32. The van der Waals surface area contributed by atoms with Crippen LogP contribution in [0.2, 0.25) is 0 Å². The average Bonchev–Trinajstić information content (AvgIpc) is 3.13. The van der Waals surface area contributed by atoms with Crippen molar-refractivity contribution in [3.05, 3.63) is 65.9 Å². The van der Waals surface area contributed by atoms with Gasteiger partial charge in [0.15, 0.2) is 0 Å². The Labute approximate surface area is 192 Å². The van der Waals surface area contributed by atoms with Crippen LogP contribution in [0.25, 0.3) is 0 Å². The first-order chi connectivity index (χ1) is 16.0. The molecule has 0 aliphatic carbocycles. The Morgan fingerprint density at radius 3 is 2.48 bits per heavy atom. The van der Waals surface area contributed by atoms with Gasteiger partial charge in [-0.3, -0.25) is 14.9 Å². The number of para-hydroxylation sites is 1. The van der Waals surface area contributed by atoms with E-state index in [1.165, 1.54) is 12.1 Å². The zero-order valence-corrected chi connectivity index (χ0v) is 18.8. The summed E-state index contributed by atoms with van der Waals surface area (Å²) >= 11 is 0. The maximum atomic E-state index is 13.2. The molecule has 0 unspecified atom stereocenters. The molecule has 0 bridgehead atoms. The van der Waals surface area contributed by atoms with Gasteiger partial charge in [-0.2, -0.15) is 10.1 Å². The highest BCUT2D eigenvalue weighted by Crippen LogP contribution is 2.27. The van der Waals surface area contributed by atoms with Crippen LogP contribution in [-0.2, 0) is 25.5 Å². The van der Waals surface area contributed by atoms with E-state index < -0.39 is 12.1 Å². The molecular formula is C24H26N4O5. The van der Waals surface area contributed by atoms with E-state index in [2.05, 4.69) is 20.5 Å². The molecule has 0 fully saturated rings. The second-order valence-corrected chi connectivity index (χ2v) is 7.02. The number of amides is 2. The number of nitrogens with zero attached hydrogens (tertiary/aromatic N) is 2. The van der Waals surface area contributed by atoms with Gasteiger partial charge in [0.05, 0.1) is 37.1 Å². The monoisotopic (exact) mass is 450 g/mol. The standard InChI is InChI=1S/C24H26N4O5/c1-4-16-8-6-7-9-20(16)25-15-19-21(14-22(29)33-5-2)27-28(23(19)30)18-12-10-17(11-13-18)26-24(31)32-3/h6-13,15,25H,4-5,14H2,1-3H3,(H,26,31)/b19-15+. The Morgan fingerprint density at radius 2 is 1.82 bits per heavy atom. The summed E-state index contributed by atoms with van der Waals surface area (Å²) < 4.78 is 9.61. The second kappa shape index (κ2) is 10.9. The minimum Gasteiger partial charge on any atom is -0.466 e. The molecule has 3 rings (SSSR count). The molecule has 1 heterocycles. The number of anilines is 3. The van der Waals surface area contributed by atoms with Crippen LogP contribution < -0.4 is 15.6 Å². The largest absolute Gasteiger partial charge is 0.466 e. The summed E-state index contributed by atoms with van der Waals surface area (Å²) in [4.78, 5) is 36.7. The van der Waals surface area contributed by atoms with Gasteiger partial charge in [-0.05, 0) is 49.2 Å². The number of hydrazone groups is 1. The van der Waals surface area contributed by atoms with Gasteiger partial charge < -0.3 is 14.8 Å². The Morgan fingerprint density at radius 1 is 1.09 bits per heavy atom. The second-order valence-electron chi connectivity index (χ2n) is 7.02. The summed E-state index contributed by atoms with van der Waals surface area (Å²) in [6.45, 7) is 4.00. The summed E-state index contributed by atoms with van der Waals surface area (Å²) in [6, 6.07) is 14.3. The van der Waals surface area contributed by atoms with Crippen LogP contribution >= 0.6 is 0 Å². The van der Waals surface area contributed by atoms with Gasteiger partial charge in [0, 0.05) is 17.6 Å². The Bertz CT molecular complexity index is 1090. The van der Waals surface area contributed by atoms with E-state index in [4.69, 9.17) is 4.74 Å².